The number of aromatic nitrogens is 1. The Hall–Kier alpha value is -5.13. The number of carbonyl (C=O) groups is 1. The summed E-state index contributed by atoms with van der Waals surface area (Å²) in [5.74, 6) is 0.327. The Kier molecular flexibility index (Phi) is 7.11. The van der Waals surface area contributed by atoms with Crippen LogP contribution >= 0.6 is 11.6 Å². The standard InChI is InChI=1S/C35H24ClNO4/c36-31-21-32-26(19-29(31)24-15-13-23(14-16-24)28-11-4-5-12-33(28)38)20-30(35(40)37-32)25-8-6-7-22(17-25)18-34(39)41-27-9-2-1-3-10-27/h1-17,19-21,38H,18H2,(H,37,40). The smallest absolute Gasteiger partial charge is 0.315 e. The second kappa shape index (κ2) is 11.2. The number of carbonyl (C=O) groups excluding carboxylic acids is 1. The zero-order chi connectivity index (χ0) is 28.3. The first-order valence-corrected chi connectivity index (χ1v) is 13.4. The van der Waals surface area contributed by atoms with Crippen molar-refractivity contribution in [2.75, 3.05) is 0 Å². The first-order valence-electron chi connectivity index (χ1n) is 13.0. The van der Waals surface area contributed by atoms with Crippen molar-refractivity contribution in [3.05, 3.63) is 142 Å². The van der Waals surface area contributed by atoms with Crippen molar-refractivity contribution in [3.63, 3.8) is 0 Å². The van der Waals surface area contributed by atoms with Crippen LogP contribution in [0.25, 0.3) is 44.3 Å². The van der Waals surface area contributed by atoms with Gasteiger partial charge in [-0.2, -0.15) is 0 Å². The molecular weight excluding hydrogens is 534 g/mol. The Morgan fingerprint density at radius 2 is 1.39 bits per heavy atom. The molecule has 5 nitrogen and oxygen atoms in total. The highest BCUT2D eigenvalue weighted by Crippen LogP contribution is 2.35. The minimum Gasteiger partial charge on any atom is -0.507 e. The van der Waals surface area contributed by atoms with Gasteiger partial charge in [0.25, 0.3) is 5.56 Å². The van der Waals surface area contributed by atoms with E-state index < -0.39 is 0 Å². The van der Waals surface area contributed by atoms with Crippen molar-refractivity contribution in [2.45, 2.75) is 6.42 Å². The van der Waals surface area contributed by atoms with E-state index in [9.17, 15) is 14.7 Å². The monoisotopic (exact) mass is 557 g/mol. The third-order valence-corrected chi connectivity index (χ3v) is 7.22. The highest BCUT2D eigenvalue weighted by molar-refractivity contribution is 6.34. The first-order chi connectivity index (χ1) is 19.9. The van der Waals surface area contributed by atoms with Gasteiger partial charge in [-0.3, -0.25) is 9.59 Å². The molecule has 0 fully saturated rings. The number of phenols is 1. The molecule has 2 N–H and O–H groups in total. The lowest BCUT2D eigenvalue weighted by molar-refractivity contribution is -0.133. The molecule has 6 aromatic rings. The van der Waals surface area contributed by atoms with Crippen molar-refractivity contribution in [1.29, 1.82) is 0 Å². The molecule has 0 saturated heterocycles. The molecule has 0 radical (unpaired) electrons. The summed E-state index contributed by atoms with van der Waals surface area (Å²) in [5.41, 5.74) is 5.66. The fourth-order valence-electron chi connectivity index (χ4n) is 4.88. The molecule has 5 aromatic carbocycles. The maximum absolute atomic E-state index is 13.1. The number of aromatic hydroxyl groups is 1. The molecule has 0 amide bonds. The van der Waals surface area contributed by atoms with Crippen LogP contribution in [0, 0.1) is 0 Å². The first kappa shape index (κ1) is 26.1. The summed E-state index contributed by atoms with van der Waals surface area (Å²) in [6.45, 7) is 0. The molecule has 0 aliphatic heterocycles. The zero-order valence-corrected chi connectivity index (χ0v) is 22.6. The topological polar surface area (TPSA) is 79.4 Å². The molecule has 0 aliphatic rings. The van der Waals surface area contributed by atoms with Crippen LogP contribution in [-0.4, -0.2) is 16.1 Å². The molecule has 41 heavy (non-hydrogen) atoms. The molecule has 0 saturated carbocycles. The van der Waals surface area contributed by atoms with Gasteiger partial charge in [0, 0.05) is 22.2 Å². The van der Waals surface area contributed by atoms with E-state index in [1.165, 1.54) is 0 Å². The van der Waals surface area contributed by atoms with Gasteiger partial charge in [0.05, 0.1) is 11.4 Å². The number of H-pyrrole nitrogens is 1. The number of phenolic OH excluding ortho intramolecular Hbond substituents is 1. The normalized spacial score (nSPS) is 11.0. The molecule has 1 heterocycles. The average Bonchev–Trinajstić information content (AvgIpc) is 2.98. The third-order valence-electron chi connectivity index (χ3n) is 6.90. The molecule has 0 atom stereocenters. The van der Waals surface area contributed by atoms with E-state index in [4.69, 9.17) is 16.3 Å². The SMILES string of the molecule is O=C(Cc1cccc(-c2cc3cc(-c4ccc(-c5ccccc5O)cc4)c(Cl)cc3[nH]c2=O)c1)Oc1ccccc1. The summed E-state index contributed by atoms with van der Waals surface area (Å²) in [4.78, 5) is 28.5. The summed E-state index contributed by atoms with van der Waals surface area (Å²) in [5, 5.41) is 11.5. The van der Waals surface area contributed by atoms with Crippen LogP contribution < -0.4 is 10.3 Å². The minimum absolute atomic E-state index is 0.0741. The highest BCUT2D eigenvalue weighted by Gasteiger charge is 2.13. The van der Waals surface area contributed by atoms with Crippen LogP contribution in [0.15, 0.2) is 126 Å². The van der Waals surface area contributed by atoms with Crippen LogP contribution in [0.2, 0.25) is 5.02 Å². The van der Waals surface area contributed by atoms with Gasteiger partial charge in [-0.1, -0.05) is 96.5 Å². The minimum atomic E-state index is -0.381. The van der Waals surface area contributed by atoms with E-state index in [2.05, 4.69) is 4.98 Å². The molecule has 0 unspecified atom stereocenters. The molecule has 0 bridgehead atoms. The van der Waals surface area contributed by atoms with Crippen LogP contribution in [0.4, 0.5) is 0 Å². The molecular formula is C35H24ClNO4. The summed E-state index contributed by atoms with van der Waals surface area (Å²) in [6.07, 6.45) is 0.0741. The number of halogens is 1. The maximum Gasteiger partial charge on any atom is 0.315 e. The van der Waals surface area contributed by atoms with Crippen molar-refractivity contribution < 1.29 is 14.6 Å². The van der Waals surface area contributed by atoms with Crippen molar-refractivity contribution in [2.24, 2.45) is 0 Å². The lowest BCUT2D eigenvalue weighted by atomic mass is 9.97. The number of nitrogens with one attached hydrogen (secondary N) is 1. The molecule has 6 rings (SSSR count). The highest BCUT2D eigenvalue weighted by atomic mass is 35.5. The van der Waals surface area contributed by atoms with Crippen LogP contribution in [-0.2, 0) is 11.2 Å². The number of aromatic amines is 1. The van der Waals surface area contributed by atoms with E-state index >= 15 is 0 Å². The molecule has 0 aliphatic carbocycles. The van der Waals surface area contributed by atoms with Crippen molar-refractivity contribution >= 4 is 28.5 Å². The van der Waals surface area contributed by atoms with Crippen LogP contribution in [0.3, 0.4) is 0 Å². The number of ether oxygens (including phenoxy) is 1. The molecule has 200 valence electrons. The Labute approximate surface area is 241 Å². The Morgan fingerprint density at radius 3 is 2.15 bits per heavy atom. The predicted octanol–water partition coefficient (Wildman–Crippen LogP) is 8.04. The van der Waals surface area contributed by atoms with Crippen LogP contribution in [0.1, 0.15) is 5.56 Å². The quantitative estimate of drug-likeness (QED) is 0.160. The van der Waals surface area contributed by atoms with Crippen LogP contribution in [0.5, 0.6) is 11.5 Å². The van der Waals surface area contributed by atoms with E-state index in [-0.39, 0.29) is 23.7 Å². The number of fused-ring (bicyclic) bond motifs is 1. The van der Waals surface area contributed by atoms with Gasteiger partial charge in [0.2, 0.25) is 0 Å². The third kappa shape index (κ3) is 5.62. The number of esters is 1. The number of hydrogen-bond donors (Lipinski definition) is 2. The van der Waals surface area contributed by atoms with Gasteiger partial charge in [0.1, 0.15) is 11.5 Å². The lowest BCUT2D eigenvalue weighted by Crippen LogP contribution is -2.12. The number of pyridine rings is 1. The fraction of sp³-hybridized carbons (Fsp3) is 0.0286. The van der Waals surface area contributed by atoms with Gasteiger partial charge in [-0.05, 0) is 64.0 Å². The average molecular weight is 558 g/mol. The van der Waals surface area contributed by atoms with Gasteiger partial charge < -0.3 is 14.8 Å². The van der Waals surface area contributed by atoms with Gasteiger partial charge >= 0.3 is 5.97 Å². The molecule has 1 aromatic heterocycles. The van der Waals surface area contributed by atoms with E-state index in [0.717, 1.165) is 33.2 Å². The second-order valence-corrected chi connectivity index (χ2v) is 10.1. The number of hydrogen-bond acceptors (Lipinski definition) is 4. The summed E-state index contributed by atoms with van der Waals surface area (Å²) in [6, 6.07) is 36.8. The van der Waals surface area contributed by atoms with Crippen molar-refractivity contribution in [3.8, 4) is 44.9 Å². The zero-order valence-electron chi connectivity index (χ0n) is 21.8. The van der Waals surface area contributed by atoms with Crippen molar-refractivity contribution in [1.82, 2.24) is 4.98 Å². The summed E-state index contributed by atoms with van der Waals surface area (Å²) >= 11 is 6.65. The van der Waals surface area contributed by atoms with Gasteiger partial charge in [-0.25, -0.2) is 0 Å². The van der Waals surface area contributed by atoms with E-state index in [1.54, 1.807) is 42.5 Å². The Bertz CT molecular complexity index is 1950. The van der Waals surface area contributed by atoms with E-state index in [1.807, 2.05) is 78.9 Å². The Morgan fingerprint density at radius 1 is 0.707 bits per heavy atom. The summed E-state index contributed by atoms with van der Waals surface area (Å²) < 4.78 is 5.42. The van der Waals surface area contributed by atoms with Gasteiger partial charge in [0.15, 0.2) is 0 Å². The van der Waals surface area contributed by atoms with E-state index in [0.29, 0.717) is 27.4 Å². The predicted molar refractivity (Wildman–Crippen MR) is 163 cm³/mol. The largest absolute Gasteiger partial charge is 0.507 e. The number of rotatable bonds is 6. The number of para-hydroxylation sites is 2. The lowest BCUT2D eigenvalue weighted by Gasteiger charge is -2.11. The Balaban J connectivity index is 1.30. The second-order valence-electron chi connectivity index (χ2n) is 9.69. The fourth-order valence-corrected chi connectivity index (χ4v) is 5.16. The van der Waals surface area contributed by atoms with Gasteiger partial charge in [-0.15, -0.1) is 0 Å². The molecule has 6 heteroatoms. The number of benzene rings is 5. The molecule has 0 spiro atoms. The summed E-state index contributed by atoms with van der Waals surface area (Å²) in [7, 11) is 0. The maximum atomic E-state index is 13.1.